The van der Waals surface area contributed by atoms with Gasteiger partial charge in [-0.1, -0.05) is 32.9 Å². The number of rotatable bonds is 3. The lowest BCUT2D eigenvalue weighted by Crippen LogP contribution is -2.42. The van der Waals surface area contributed by atoms with E-state index < -0.39 is 0 Å². The lowest BCUT2D eigenvalue weighted by atomic mass is 9.94. The molecule has 1 aromatic carbocycles. The minimum absolute atomic E-state index is 0.0182. The zero-order chi connectivity index (χ0) is 19.5. The summed E-state index contributed by atoms with van der Waals surface area (Å²) in [5.74, 6) is 0.933. The molecule has 0 aromatic heterocycles. The van der Waals surface area contributed by atoms with Crippen LogP contribution in [-0.2, 0) is 9.59 Å². The van der Waals surface area contributed by atoms with E-state index in [1.807, 2.05) is 57.4 Å². The van der Waals surface area contributed by atoms with Gasteiger partial charge >= 0.3 is 0 Å². The summed E-state index contributed by atoms with van der Waals surface area (Å²) in [7, 11) is 0. The van der Waals surface area contributed by atoms with E-state index in [9.17, 15) is 9.59 Å². The number of aryl methyl sites for hydroxylation is 2. The maximum absolute atomic E-state index is 12.6. The first-order valence-electron chi connectivity index (χ1n) is 9.38. The van der Waals surface area contributed by atoms with E-state index in [0.717, 1.165) is 28.9 Å². The topological polar surface area (TPSA) is 49.9 Å². The molecule has 1 aromatic rings. The number of hydrogen-bond donors (Lipinski definition) is 0. The predicted molar refractivity (Wildman–Crippen MR) is 103 cm³/mol. The summed E-state index contributed by atoms with van der Waals surface area (Å²) in [4.78, 5) is 28.8. The van der Waals surface area contributed by atoms with Crippen molar-refractivity contribution in [3.63, 3.8) is 0 Å². The molecule has 144 valence electrons. The van der Waals surface area contributed by atoms with Crippen LogP contribution in [0.4, 0.5) is 0 Å². The highest BCUT2D eigenvalue weighted by atomic mass is 16.5. The Kier molecular flexibility index (Phi) is 6.32. The maximum Gasteiger partial charge on any atom is 0.260 e. The molecule has 0 atom stereocenters. The molecule has 2 rings (SSSR count). The molecule has 1 fully saturated rings. The van der Waals surface area contributed by atoms with E-state index in [1.165, 1.54) is 0 Å². The van der Waals surface area contributed by atoms with Crippen LogP contribution in [0.5, 0.6) is 5.75 Å². The Bertz CT molecular complexity index is 677. The Morgan fingerprint density at radius 3 is 2.19 bits per heavy atom. The first kappa shape index (κ1) is 20.3. The number of nitrogens with zero attached hydrogens (tertiary/aromatic N) is 2. The average molecular weight is 360 g/mol. The van der Waals surface area contributed by atoms with Gasteiger partial charge in [0.1, 0.15) is 5.75 Å². The van der Waals surface area contributed by atoms with Crippen molar-refractivity contribution in [1.82, 2.24) is 9.80 Å². The third-order valence-electron chi connectivity index (χ3n) is 4.99. The lowest BCUT2D eigenvalue weighted by Gasteiger charge is -2.28. The van der Waals surface area contributed by atoms with Gasteiger partial charge in [-0.3, -0.25) is 9.59 Å². The van der Waals surface area contributed by atoms with Crippen LogP contribution in [-0.4, -0.2) is 54.4 Å². The molecule has 2 amide bonds. The Labute approximate surface area is 157 Å². The largest absolute Gasteiger partial charge is 0.483 e. The zero-order valence-corrected chi connectivity index (χ0v) is 17.0. The van der Waals surface area contributed by atoms with Gasteiger partial charge < -0.3 is 14.5 Å². The summed E-state index contributed by atoms with van der Waals surface area (Å²) in [6.45, 7) is 14.4. The molecule has 0 bridgehead atoms. The van der Waals surface area contributed by atoms with Crippen molar-refractivity contribution in [2.45, 2.75) is 48.0 Å². The van der Waals surface area contributed by atoms with E-state index in [1.54, 1.807) is 0 Å². The van der Waals surface area contributed by atoms with Gasteiger partial charge in [0, 0.05) is 31.6 Å². The van der Waals surface area contributed by atoms with Crippen LogP contribution in [0.15, 0.2) is 12.1 Å². The average Bonchev–Trinajstić information content (AvgIpc) is 2.82. The molecule has 0 aliphatic carbocycles. The molecule has 26 heavy (non-hydrogen) atoms. The van der Waals surface area contributed by atoms with Gasteiger partial charge in [-0.2, -0.15) is 0 Å². The zero-order valence-electron chi connectivity index (χ0n) is 17.0. The Hall–Kier alpha value is -2.04. The SMILES string of the molecule is Cc1ccc(C)c(OCC(=O)N2CCCN(C(=O)C(C)(C)C)CC2)c1C. The van der Waals surface area contributed by atoms with Crippen LogP contribution < -0.4 is 4.74 Å². The van der Waals surface area contributed by atoms with Crippen molar-refractivity contribution >= 4 is 11.8 Å². The van der Waals surface area contributed by atoms with Gasteiger partial charge in [0.15, 0.2) is 6.61 Å². The highest BCUT2D eigenvalue weighted by Gasteiger charge is 2.29. The number of benzene rings is 1. The molecule has 0 radical (unpaired) electrons. The van der Waals surface area contributed by atoms with Crippen molar-refractivity contribution in [3.8, 4) is 5.75 Å². The number of carbonyl (C=O) groups excluding carboxylic acids is 2. The highest BCUT2D eigenvalue weighted by molar-refractivity contribution is 5.82. The fourth-order valence-electron chi connectivity index (χ4n) is 3.22. The van der Waals surface area contributed by atoms with Crippen LogP contribution >= 0.6 is 0 Å². The van der Waals surface area contributed by atoms with Gasteiger partial charge in [0.2, 0.25) is 5.91 Å². The standard InChI is InChI=1S/C21H32N2O3/c1-15-8-9-16(2)19(17(15)3)26-14-18(24)22-10-7-11-23(13-12-22)20(25)21(4,5)6/h8-9H,7,10-14H2,1-6H3. The second-order valence-corrected chi connectivity index (χ2v) is 8.22. The summed E-state index contributed by atoms with van der Waals surface area (Å²) < 4.78 is 5.86. The number of hydrogen-bond acceptors (Lipinski definition) is 3. The van der Waals surface area contributed by atoms with Crippen LogP contribution in [0.25, 0.3) is 0 Å². The molecule has 0 N–H and O–H groups in total. The first-order chi connectivity index (χ1) is 12.1. The third kappa shape index (κ3) is 4.77. The van der Waals surface area contributed by atoms with E-state index in [-0.39, 0.29) is 23.8 Å². The van der Waals surface area contributed by atoms with Crippen molar-refractivity contribution < 1.29 is 14.3 Å². The van der Waals surface area contributed by atoms with Crippen molar-refractivity contribution in [2.24, 2.45) is 5.41 Å². The Morgan fingerprint density at radius 1 is 0.962 bits per heavy atom. The summed E-state index contributed by atoms with van der Waals surface area (Å²) in [6.07, 6.45) is 0.802. The summed E-state index contributed by atoms with van der Waals surface area (Å²) >= 11 is 0. The van der Waals surface area contributed by atoms with Gasteiger partial charge in [-0.05, 0) is 43.9 Å². The van der Waals surface area contributed by atoms with Gasteiger partial charge in [-0.15, -0.1) is 0 Å². The molecule has 0 saturated carbocycles. The van der Waals surface area contributed by atoms with Crippen LogP contribution in [0.1, 0.15) is 43.9 Å². The van der Waals surface area contributed by atoms with E-state index in [0.29, 0.717) is 26.2 Å². The van der Waals surface area contributed by atoms with E-state index in [2.05, 4.69) is 6.07 Å². The summed E-state index contributed by atoms with van der Waals surface area (Å²) in [5.41, 5.74) is 2.89. The monoisotopic (exact) mass is 360 g/mol. The number of ether oxygens (including phenoxy) is 1. The Morgan fingerprint density at radius 2 is 1.54 bits per heavy atom. The second kappa shape index (κ2) is 8.11. The molecule has 0 spiro atoms. The third-order valence-corrected chi connectivity index (χ3v) is 4.99. The fourth-order valence-corrected chi connectivity index (χ4v) is 3.22. The predicted octanol–water partition coefficient (Wildman–Crippen LogP) is 3.10. The van der Waals surface area contributed by atoms with Gasteiger partial charge in [-0.25, -0.2) is 0 Å². The molecule has 1 aliphatic rings. The second-order valence-electron chi connectivity index (χ2n) is 8.22. The normalized spacial score (nSPS) is 15.6. The molecule has 1 aliphatic heterocycles. The molecule has 5 heteroatoms. The molecular weight excluding hydrogens is 328 g/mol. The fraction of sp³-hybridized carbons (Fsp3) is 0.619. The minimum atomic E-state index is -0.386. The van der Waals surface area contributed by atoms with Crippen molar-refractivity contribution in [1.29, 1.82) is 0 Å². The molecular formula is C21H32N2O3. The summed E-state index contributed by atoms with van der Waals surface area (Å²) in [5, 5.41) is 0. The quantitative estimate of drug-likeness (QED) is 0.832. The number of amides is 2. The Balaban J connectivity index is 1.95. The number of carbonyl (C=O) groups is 2. The lowest BCUT2D eigenvalue weighted by molar-refractivity contribution is -0.140. The van der Waals surface area contributed by atoms with Gasteiger partial charge in [0.05, 0.1) is 0 Å². The molecule has 5 nitrogen and oxygen atoms in total. The minimum Gasteiger partial charge on any atom is -0.483 e. The molecule has 1 saturated heterocycles. The molecule has 0 unspecified atom stereocenters. The van der Waals surface area contributed by atoms with E-state index >= 15 is 0 Å². The smallest absolute Gasteiger partial charge is 0.260 e. The van der Waals surface area contributed by atoms with E-state index in [4.69, 9.17) is 4.74 Å². The van der Waals surface area contributed by atoms with Crippen LogP contribution in [0.3, 0.4) is 0 Å². The highest BCUT2D eigenvalue weighted by Crippen LogP contribution is 2.25. The van der Waals surface area contributed by atoms with Crippen LogP contribution in [0, 0.1) is 26.2 Å². The van der Waals surface area contributed by atoms with Crippen LogP contribution in [0.2, 0.25) is 0 Å². The molecule has 1 heterocycles. The summed E-state index contributed by atoms with van der Waals surface area (Å²) in [6, 6.07) is 4.08. The van der Waals surface area contributed by atoms with Gasteiger partial charge in [0.25, 0.3) is 5.91 Å². The maximum atomic E-state index is 12.6. The van der Waals surface area contributed by atoms with Crippen molar-refractivity contribution in [2.75, 3.05) is 32.8 Å². The van der Waals surface area contributed by atoms with Crippen molar-refractivity contribution in [3.05, 3.63) is 28.8 Å². The first-order valence-corrected chi connectivity index (χ1v) is 9.38.